The Labute approximate surface area is 113 Å². The number of aliphatic hydroxyl groups is 1. The topological polar surface area (TPSA) is 70.6 Å². The van der Waals surface area contributed by atoms with Gasteiger partial charge in [-0.15, -0.1) is 0 Å². The molecule has 1 aromatic carbocycles. The van der Waals surface area contributed by atoms with E-state index in [4.69, 9.17) is 17.3 Å². The SMILES string of the molecule is CCCCNC(N)=NCC(O)c1ccc(Cl)cc1. The summed E-state index contributed by atoms with van der Waals surface area (Å²) in [5, 5.41) is 13.5. The molecule has 0 saturated carbocycles. The number of unbranched alkanes of at least 4 members (excludes halogenated alkanes) is 1. The van der Waals surface area contributed by atoms with Crippen molar-refractivity contribution in [3.8, 4) is 0 Å². The lowest BCUT2D eigenvalue weighted by Crippen LogP contribution is -2.32. The molecule has 0 aromatic heterocycles. The fourth-order valence-electron chi connectivity index (χ4n) is 1.42. The van der Waals surface area contributed by atoms with E-state index in [2.05, 4.69) is 17.2 Å². The highest BCUT2D eigenvalue weighted by molar-refractivity contribution is 6.30. The summed E-state index contributed by atoms with van der Waals surface area (Å²) in [6.45, 7) is 3.16. The highest BCUT2D eigenvalue weighted by Crippen LogP contribution is 2.16. The number of halogens is 1. The van der Waals surface area contributed by atoms with E-state index in [-0.39, 0.29) is 6.54 Å². The van der Waals surface area contributed by atoms with Gasteiger partial charge in [0.05, 0.1) is 12.6 Å². The lowest BCUT2D eigenvalue weighted by molar-refractivity contribution is 0.187. The van der Waals surface area contributed by atoms with Crippen LogP contribution in [0.3, 0.4) is 0 Å². The Morgan fingerprint density at radius 1 is 1.44 bits per heavy atom. The van der Waals surface area contributed by atoms with Crippen molar-refractivity contribution >= 4 is 17.6 Å². The number of nitrogens with two attached hydrogens (primary N) is 1. The van der Waals surface area contributed by atoms with Crippen molar-refractivity contribution in [2.45, 2.75) is 25.9 Å². The normalized spacial score (nSPS) is 13.4. The molecular weight excluding hydrogens is 250 g/mol. The molecule has 1 atom stereocenters. The number of guanidine groups is 1. The van der Waals surface area contributed by atoms with Crippen LogP contribution in [0.1, 0.15) is 31.4 Å². The summed E-state index contributed by atoms with van der Waals surface area (Å²) in [7, 11) is 0. The first kappa shape index (κ1) is 14.8. The number of nitrogens with zero attached hydrogens (tertiary/aromatic N) is 1. The molecule has 0 aliphatic carbocycles. The third-order valence-corrected chi connectivity index (χ3v) is 2.78. The van der Waals surface area contributed by atoms with Crippen molar-refractivity contribution in [2.75, 3.05) is 13.1 Å². The molecule has 4 nitrogen and oxygen atoms in total. The van der Waals surface area contributed by atoms with Gasteiger partial charge in [0.25, 0.3) is 0 Å². The van der Waals surface area contributed by atoms with E-state index in [0.717, 1.165) is 24.9 Å². The Hall–Kier alpha value is -1.26. The largest absolute Gasteiger partial charge is 0.386 e. The van der Waals surface area contributed by atoms with Gasteiger partial charge in [0.1, 0.15) is 0 Å². The predicted molar refractivity (Wildman–Crippen MR) is 75.8 cm³/mol. The van der Waals surface area contributed by atoms with Crippen LogP contribution in [0.5, 0.6) is 0 Å². The van der Waals surface area contributed by atoms with E-state index >= 15 is 0 Å². The number of nitrogens with one attached hydrogen (secondary N) is 1. The van der Waals surface area contributed by atoms with Crippen LogP contribution in [-0.4, -0.2) is 24.2 Å². The van der Waals surface area contributed by atoms with Gasteiger partial charge in [-0.05, 0) is 24.1 Å². The van der Waals surface area contributed by atoms with Crippen LogP contribution in [0.2, 0.25) is 5.02 Å². The molecular formula is C13H20ClN3O. The van der Waals surface area contributed by atoms with Crippen LogP contribution < -0.4 is 11.1 Å². The van der Waals surface area contributed by atoms with Gasteiger partial charge >= 0.3 is 0 Å². The molecule has 0 fully saturated rings. The molecule has 0 radical (unpaired) electrons. The average molecular weight is 270 g/mol. The van der Waals surface area contributed by atoms with E-state index in [1.54, 1.807) is 24.3 Å². The van der Waals surface area contributed by atoms with Crippen LogP contribution in [0.15, 0.2) is 29.3 Å². The quantitative estimate of drug-likeness (QED) is 0.421. The Morgan fingerprint density at radius 2 is 2.11 bits per heavy atom. The lowest BCUT2D eigenvalue weighted by atomic mass is 10.1. The van der Waals surface area contributed by atoms with Crippen molar-refractivity contribution < 1.29 is 5.11 Å². The van der Waals surface area contributed by atoms with E-state index in [9.17, 15) is 5.11 Å². The summed E-state index contributed by atoms with van der Waals surface area (Å²) in [4.78, 5) is 4.10. The summed E-state index contributed by atoms with van der Waals surface area (Å²) >= 11 is 5.78. The molecule has 0 heterocycles. The van der Waals surface area contributed by atoms with Crippen LogP contribution in [0.4, 0.5) is 0 Å². The van der Waals surface area contributed by atoms with E-state index in [0.29, 0.717) is 11.0 Å². The molecule has 4 N–H and O–H groups in total. The average Bonchev–Trinajstić information content (AvgIpc) is 2.37. The second-order valence-corrected chi connectivity index (χ2v) is 4.51. The third-order valence-electron chi connectivity index (χ3n) is 2.53. The van der Waals surface area contributed by atoms with Crippen molar-refractivity contribution in [1.29, 1.82) is 0 Å². The number of rotatable bonds is 6. The number of aliphatic hydroxyl groups excluding tert-OH is 1. The third kappa shape index (κ3) is 5.38. The lowest BCUT2D eigenvalue weighted by Gasteiger charge is -2.09. The molecule has 0 aliphatic rings. The van der Waals surface area contributed by atoms with Gasteiger partial charge in [-0.2, -0.15) is 0 Å². The monoisotopic (exact) mass is 269 g/mol. The minimum atomic E-state index is -0.659. The molecule has 100 valence electrons. The van der Waals surface area contributed by atoms with Crippen LogP contribution >= 0.6 is 11.6 Å². The number of benzene rings is 1. The Morgan fingerprint density at radius 3 is 2.72 bits per heavy atom. The van der Waals surface area contributed by atoms with Crippen molar-refractivity contribution in [3.63, 3.8) is 0 Å². The Kier molecular flexibility index (Phi) is 6.54. The molecule has 0 aliphatic heterocycles. The van der Waals surface area contributed by atoms with E-state index in [1.807, 2.05) is 0 Å². The summed E-state index contributed by atoms with van der Waals surface area (Å²) in [5.74, 6) is 0.372. The van der Waals surface area contributed by atoms with Crippen molar-refractivity contribution in [2.24, 2.45) is 10.7 Å². The zero-order valence-electron chi connectivity index (χ0n) is 10.6. The second kappa shape index (κ2) is 7.95. The molecule has 1 aromatic rings. The van der Waals surface area contributed by atoms with E-state index in [1.165, 1.54) is 0 Å². The van der Waals surface area contributed by atoms with Gasteiger partial charge in [0.2, 0.25) is 0 Å². The maximum absolute atomic E-state index is 9.90. The van der Waals surface area contributed by atoms with Crippen molar-refractivity contribution in [3.05, 3.63) is 34.9 Å². The molecule has 1 unspecified atom stereocenters. The van der Waals surface area contributed by atoms with Gasteiger partial charge in [0.15, 0.2) is 5.96 Å². The standard InChI is InChI=1S/C13H20ClN3O/c1-2-3-8-16-13(15)17-9-12(18)10-4-6-11(14)7-5-10/h4-7,12,18H,2-3,8-9H2,1H3,(H3,15,16,17). The molecule has 5 heteroatoms. The molecule has 0 amide bonds. The maximum atomic E-state index is 9.90. The fourth-order valence-corrected chi connectivity index (χ4v) is 1.55. The number of hydrogen-bond acceptors (Lipinski definition) is 2. The highest BCUT2D eigenvalue weighted by atomic mass is 35.5. The van der Waals surface area contributed by atoms with Gasteiger partial charge < -0.3 is 16.2 Å². The minimum absolute atomic E-state index is 0.243. The van der Waals surface area contributed by atoms with Gasteiger partial charge in [-0.25, -0.2) is 0 Å². The first-order valence-electron chi connectivity index (χ1n) is 6.10. The first-order chi connectivity index (χ1) is 8.63. The highest BCUT2D eigenvalue weighted by Gasteiger charge is 2.06. The minimum Gasteiger partial charge on any atom is -0.386 e. The van der Waals surface area contributed by atoms with Gasteiger partial charge in [-0.3, -0.25) is 4.99 Å². The molecule has 1 rings (SSSR count). The molecule has 18 heavy (non-hydrogen) atoms. The summed E-state index contributed by atoms with van der Waals surface area (Å²) in [6, 6.07) is 7.05. The molecule has 0 saturated heterocycles. The zero-order valence-corrected chi connectivity index (χ0v) is 11.3. The first-order valence-corrected chi connectivity index (χ1v) is 6.48. The zero-order chi connectivity index (χ0) is 13.4. The molecule has 0 spiro atoms. The van der Waals surface area contributed by atoms with Crippen LogP contribution in [-0.2, 0) is 0 Å². The fraction of sp³-hybridized carbons (Fsp3) is 0.462. The maximum Gasteiger partial charge on any atom is 0.188 e. The summed E-state index contributed by atoms with van der Waals surface area (Å²) in [6.07, 6.45) is 1.50. The van der Waals surface area contributed by atoms with Gasteiger partial charge in [-0.1, -0.05) is 37.1 Å². The number of aliphatic imine (C=N–C) groups is 1. The van der Waals surface area contributed by atoms with Crippen molar-refractivity contribution in [1.82, 2.24) is 5.32 Å². The number of hydrogen-bond donors (Lipinski definition) is 3. The van der Waals surface area contributed by atoms with Crippen LogP contribution in [0, 0.1) is 0 Å². The van der Waals surface area contributed by atoms with Crippen LogP contribution in [0.25, 0.3) is 0 Å². The Balaban J connectivity index is 2.42. The van der Waals surface area contributed by atoms with Gasteiger partial charge in [0, 0.05) is 11.6 Å². The second-order valence-electron chi connectivity index (χ2n) is 4.07. The smallest absolute Gasteiger partial charge is 0.188 e. The van der Waals surface area contributed by atoms with E-state index < -0.39 is 6.10 Å². The Bertz CT molecular complexity index is 378. The molecule has 0 bridgehead atoms. The summed E-state index contributed by atoms with van der Waals surface area (Å²) in [5.41, 5.74) is 6.45. The predicted octanol–water partition coefficient (Wildman–Crippen LogP) is 2.08. The summed E-state index contributed by atoms with van der Waals surface area (Å²) < 4.78 is 0.